The molecule has 0 saturated carbocycles. The molecule has 0 fully saturated rings. The van der Waals surface area contributed by atoms with Crippen LogP contribution < -0.4 is 14.4 Å². The predicted molar refractivity (Wildman–Crippen MR) is 105 cm³/mol. The molecule has 1 N–H and O–H groups in total. The van der Waals surface area contributed by atoms with Crippen molar-refractivity contribution in [2.45, 2.75) is 4.90 Å². The van der Waals surface area contributed by atoms with Crippen LogP contribution in [0.1, 0.15) is 10.4 Å². The third-order valence-electron chi connectivity index (χ3n) is 4.57. The highest BCUT2D eigenvalue weighted by atomic mass is 35.5. The first-order valence-corrected chi connectivity index (χ1v) is 9.90. The van der Waals surface area contributed by atoms with Crippen molar-refractivity contribution >= 4 is 49.7 Å². The zero-order valence-electron chi connectivity index (χ0n) is 14.5. The van der Waals surface area contributed by atoms with Crippen LogP contribution in [0.15, 0.2) is 53.4 Å². The first kappa shape index (κ1) is 17.6. The fraction of sp³-hybridized carbons (Fsp3) is 0.105. The summed E-state index contributed by atoms with van der Waals surface area (Å²) in [6.07, 6.45) is 0. The molecule has 3 aromatic carbocycles. The summed E-state index contributed by atoms with van der Waals surface area (Å²) in [7, 11) is -0.855. The van der Waals surface area contributed by atoms with Gasteiger partial charge in [-0.15, -0.1) is 0 Å². The zero-order valence-corrected chi connectivity index (χ0v) is 16.1. The van der Waals surface area contributed by atoms with Crippen LogP contribution in [-0.4, -0.2) is 28.5 Å². The number of carbonyl (C=O) groups is 1. The Hall–Kier alpha value is -2.77. The molecule has 0 saturated heterocycles. The topological polar surface area (TPSA) is 75.7 Å². The molecule has 1 aliphatic rings. The van der Waals surface area contributed by atoms with Crippen molar-refractivity contribution in [1.82, 2.24) is 0 Å². The highest BCUT2D eigenvalue weighted by Crippen LogP contribution is 2.40. The van der Waals surface area contributed by atoms with Crippen molar-refractivity contribution in [3.8, 4) is 5.75 Å². The van der Waals surface area contributed by atoms with Gasteiger partial charge in [-0.05, 0) is 30.3 Å². The van der Waals surface area contributed by atoms with Crippen LogP contribution in [0.4, 0.5) is 11.4 Å². The predicted octanol–water partition coefficient (Wildman–Crippen LogP) is 3.89. The highest BCUT2D eigenvalue weighted by molar-refractivity contribution is 7.92. The molecule has 0 aliphatic carbocycles. The minimum absolute atomic E-state index is 0.0224. The van der Waals surface area contributed by atoms with E-state index in [1.54, 1.807) is 42.3 Å². The van der Waals surface area contributed by atoms with Gasteiger partial charge in [0.2, 0.25) is 0 Å². The third kappa shape index (κ3) is 2.70. The molecule has 1 heterocycles. The number of nitrogens with one attached hydrogen (secondary N) is 1. The van der Waals surface area contributed by atoms with Crippen LogP contribution in [0.2, 0.25) is 5.02 Å². The Morgan fingerprint density at radius 3 is 2.63 bits per heavy atom. The van der Waals surface area contributed by atoms with Gasteiger partial charge in [-0.1, -0.05) is 23.7 Å². The summed E-state index contributed by atoms with van der Waals surface area (Å²) >= 11 is 5.92. The van der Waals surface area contributed by atoms with Gasteiger partial charge < -0.3 is 9.64 Å². The molecule has 0 radical (unpaired) electrons. The van der Waals surface area contributed by atoms with E-state index >= 15 is 0 Å². The van der Waals surface area contributed by atoms with Gasteiger partial charge in [0.25, 0.3) is 15.9 Å². The van der Waals surface area contributed by atoms with Gasteiger partial charge in [-0.25, -0.2) is 8.42 Å². The van der Waals surface area contributed by atoms with Crippen LogP contribution in [-0.2, 0) is 10.0 Å². The summed E-state index contributed by atoms with van der Waals surface area (Å²) in [5.74, 6) is 0.0332. The number of ether oxygens (including phenoxy) is 1. The molecule has 8 heteroatoms. The van der Waals surface area contributed by atoms with Crippen LogP contribution in [0.5, 0.6) is 5.75 Å². The monoisotopic (exact) mass is 402 g/mol. The SMILES string of the molecule is COc1cc(Cl)ccc1S(=O)(=O)Nc1ccc2c3c(cccc13)C(=O)N2C. The fourth-order valence-corrected chi connectivity index (χ4v) is 4.68. The van der Waals surface area contributed by atoms with E-state index in [2.05, 4.69) is 4.72 Å². The molecule has 6 nitrogen and oxygen atoms in total. The Morgan fingerprint density at radius 2 is 1.89 bits per heavy atom. The molecule has 3 aromatic rings. The molecule has 0 aromatic heterocycles. The average molecular weight is 403 g/mol. The number of nitrogens with zero attached hydrogens (tertiary/aromatic N) is 1. The molecule has 4 rings (SSSR count). The Labute approximate surface area is 161 Å². The summed E-state index contributed by atoms with van der Waals surface area (Å²) in [6, 6.07) is 12.9. The van der Waals surface area contributed by atoms with Crippen molar-refractivity contribution in [1.29, 1.82) is 0 Å². The molecule has 1 amide bonds. The molecular formula is C19H15ClN2O4S. The Morgan fingerprint density at radius 1 is 1.11 bits per heavy atom. The molecular weight excluding hydrogens is 388 g/mol. The lowest BCUT2D eigenvalue weighted by molar-refractivity contribution is 0.0999. The number of anilines is 2. The second kappa shape index (κ2) is 6.14. The summed E-state index contributed by atoms with van der Waals surface area (Å²) < 4.78 is 33.6. The highest BCUT2D eigenvalue weighted by Gasteiger charge is 2.29. The maximum Gasteiger partial charge on any atom is 0.265 e. The number of methoxy groups -OCH3 is 1. The number of carbonyl (C=O) groups excluding carboxylic acids is 1. The van der Waals surface area contributed by atoms with E-state index in [-0.39, 0.29) is 16.6 Å². The molecule has 138 valence electrons. The van der Waals surface area contributed by atoms with Crippen LogP contribution >= 0.6 is 11.6 Å². The molecule has 0 spiro atoms. The van der Waals surface area contributed by atoms with Gasteiger partial charge in [0.15, 0.2) is 0 Å². The van der Waals surface area contributed by atoms with Gasteiger partial charge in [0.1, 0.15) is 10.6 Å². The maximum atomic E-state index is 12.9. The largest absolute Gasteiger partial charge is 0.495 e. The number of hydrogen-bond donors (Lipinski definition) is 1. The summed E-state index contributed by atoms with van der Waals surface area (Å²) in [5, 5.41) is 1.75. The molecule has 0 bridgehead atoms. The fourth-order valence-electron chi connectivity index (χ4n) is 3.29. The summed E-state index contributed by atoms with van der Waals surface area (Å²) in [4.78, 5) is 13.9. The van der Waals surface area contributed by atoms with Gasteiger partial charge in [-0.2, -0.15) is 0 Å². The lowest BCUT2D eigenvalue weighted by Gasteiger charge is -2.15. The first-order chi connectivity index (χ1) is 12.8. The van der Waals surface area contributed by atoms with Crippen molar-refractivity contribution in [2.24, 2.45) is 0 Å². The van der Waals surface area contributed by atoms with Gasteiger partial charge in [0, 0.05) is 34.5 Å². The van der Waals surface area contributed by atoms with E-state index in [9.17, 15) is 13.2 Å². The Bertz CT molecular complexity index is 1210. The quantitative estimate of drug-likeness (QED) is 0.718. The molecule has 1 aliphatic heterocycles. The van der Waals surface area contributed by atoms with E-state index in [0.29, 0.717) is 21.7 Å². The van der Waals surface area contributed by atoms with Crippen LogP contribution in [0, 0.1) is 0 Å². The minimum Gasteiger partial charge on any atom is -0.495 e. The van der Waals surface area contributed by atoms with Crippen molar-refractivity contribution < 1.29 is 17.9 Å². The molecule has 0 atom stereocenters. The minimum atomic E-state index is -3.93. The lowest BCUT2D eigenvalue weighted by Crippen LogP contribution is -2.20. The van der Waals surface area contributed by atoms with Gasteiger partial charge in [0.05, 0.1) is 18.5 Å². The van der Waals surface area contributed by atoms with Crippen molar-refractivity contribution in [2.75, 3.05) is 23.8 Å². The first-order valence-electron chi connectivity index (χ1n) is 8.03. The molecule has 0 unspecified atom stereocenters. The van der Waals surface area contributed by atoms with E-state index in [1.807, 2.05) is 0 Å². The number of benzene rings is 3. The van der Waals surface area contributed by atoms with Crippen LogP contribution in [0.3, 0.4) is 0 Å². The second-order valence-corrected chi connectivity index (χ2v) is 8.21. The summed E-state index contributed by atoms with van der Waals surface area (Å²) in [6.45, 7) is 0. The van der Waals surface area contributed by atoms with E-state index in [1.165, 1.54) is 25.3 Å². The normalized spacial score (nSPS) is 13.3. The Kier molecular flexibility index (Phi) is 4.01. The standard InChI is InChI=1S/C19H15ClN2O4S/c1-22-15-8-7-14(12-4-3-5-13(18(12)15)19(22)23)21-27(24,25)17-9-6-11(20)10-16(17)26-2/h3-10,21H,1-2H3. The smallest absolute Gasteiger partial charge is 0.265 e. The maximum absolute atomic E-state index is 12.9. The summed E-state index contributed by atoms with van der Waals surface area (Å²) in [5.41, 5.74) is 1.68. The number of amides is 1. The van der Waals surface area contributed by atoms with E-state index < -0.39 is 10.0 Å². The lowest BCUT2D eigenvalue weighted by atomic mass is 10.0. The van der Waals surface area contributed by atoms with E-state index in [4.69, 9.17) is 16.3 Å². The average Bonchev–Trinajstić information content (AvgIpc) is 2.89. The number of sulfonamides is 1. The van der Waals surface area contributed by atoms with E-state index in [0.717, 1.165) is 11.1 Å². The van der Waals surface area contributed by atoms with Crippen molar-refractivity contribution in [3.05, 3.63) is 59.1 Å². The van der Waals surface area contributed by atoms with Crippen molar-refractivity contribution in [3.63, 3.8) is 0 Å². The Balaban J connectivity index is 1.85. The molecule has 27 heavy (non-hydrogen) atoms. The number of rotatable bonds is 4. The number of hydrogen-bond acceptors (Lipinski definition) is 4. The second-order valence-electron chi connectivity index (χ2n) is 6.13. The zero-order chi connectivity index (χ0) is 19.3. The number of halogens is 1. The van der Waals surface area contributed by atoms with Gasteiger partial charge in [-0.3, -0.25) is 9.52 Å². The third-order valence-corrected chi connectivity index (χ3v) is 6.21. The van der Waals surface area contributed by atoms with Crippen LogP contribution in [0.25, 0.3) is 10.8 Å². The van der Waals surface area contributed by atoms with Gasteiger partial charge >= 0.3 is 0 Å².